The molecule has 1 aromatic carbocycles. The Balaban J connectivity index is 3.02. The highest BCUT2D eigenvalue weighted by Gasteiger charge is 2.15. The summed E-state index contributed by atoms with van der Waals surface area (Å²) in [6.45, 7) is 8.87. The Bertz CT molecular complexity index is 408. The number of unbranched alkanes of at least 4 members (excludes halogenated alkanes) is 1. The number of aryl methyl sites for hydroxylation is 2. The third kappa shape index (κ3) is 3.86. The van der Waals surface area contributed by atoms with Crippen LogP contribution in [0.1, 0.15) is 61.0 Å². The van der Waals surface area contributed by atoms with Gasteiger partial charge in [-0.2, -0.15) is 0 Å². The van der Waals surface area contributed by atoms with E-state index in [1.807, 2.05) is 19.9 Å². The third-order valence-electron chi connectivity index (χ3n) is 2.93. The second kappa shape index (κ2) is 7.20. The summed E-state index contributed by atoms with van der Waals surface area (Å²) in [6.07, 6.45) is 3.55. The van der Waals surface area contributed by atoms with Crippen molar-refractivity contribution in [2.24, 2.45) is 0 Å². The molecule has 0 saturated heterocycles. The van der Waals surface area contributed by atoms with Crippen LogP contribution in [0.15, 0.2) is 12.1 Å². The van der Waals surface area contributed by atoms with Gasteiger partial charge in [0.15, 0.2) is 5.78 Å². The van der Waals surface area contributed by atoms with Crippen LogP contribution >= 0.6 is 0 Å². The zero-order valence-electron chi connectivity index (χ0n) is 12.0. The van der Waals surface area contributed by atoms with Gasteiger partial charge in [0.2, 0.25) is 0 Å². The molecule has 0 aromatic heterocycles. The molecule has 0 heterocycles. The van der Waals surface area contributed by atoms with Gasteiger partial charge in [-0.25, -0.2) is 0 Å². The summed E-state index contributed by atoms with van der Waals surface area (Å²) >= 11 is 0. The SMILES string of the molecule is CCCCC(=O)c1cc(C)cc(C)c1OCCC. The summed E-state index contributed by atoms with van der Waals surface area (Å²) in [7, 11) is 0. The lowest BCUT2D eigenvalue weighted by Crippen LogP contribution is -2.07. The van der Waals surface area contributed by atoms with Crippen LogP contribution in [0.3, 0.4) is 0 Å². The molecule has 0 amide bonds. The van der Waals surface area contributed by atoms with Gasteiger partial charge in [-0.05, 0) is 43.9 Å². The van der Waals surface area contributed by atoms with Crippen molar-refractivity contribution in [1.82, 2.24) is 0 Å². The van der Waals surface area contributed by atoms with Crippen molar-refractivity contribution >= 4 is 5.78 Å². The molecule has 1 aromatic rings. The Morgan fingerprint density at radius 3 is 2.50 bits per heavy atom. The molecule has 0 atom stereocenters. The molecule has 2 nitrogen and oxygen atoms in total. The highest BCUT2D eigenvalue weighted by molar-refractivity contribution is 5.99. The van der Waals surface area contributed by atoms with Gasteiger partial charge in [-0.1, -0.05) is 26.3 Å². The number of ketones is 1. The van der Waals surface area contributed by atoms with Gasteiger partial charge in [0.25, 0.3) is 0 Å². The van der Waals surface area contributed by atoms with Crippen molar-refractivity contribution in [1.29, 1.82) is 0 Å². The Morgan fingerprint density at radius 2 is 1.89 bits per heavy atom. The molecular formula is C16H24O2. The summed E-state index contributed by atoms with van der Waals surface area (Å²) < 4.78 is 5.75. The zero-order chi connectivity index (χ0) is 13.5. The van der Waals surface area contributed by atoms with Crippen molar-refractivity contribution in [3.63, 3.8) is 0 Å². The number of carbonyl (C=O) groups excluding carboxylic acids is 1. The van der Waals surface area contributed by atoms with Gasteiger partial charge >= 0.3 is 0 Å². The summed E-state index contributed by atoms with van der Waals surface area (Å²) in [5.74, 6) is 0.985. The maximum Gasteiger partial charge on any atom is 0.166 e. The minimum absolute atomic E-state index is 0.203. The van der Waals surface area contributed by atoms with Gasteiger partial charge in [-0.15, -0.1) is 0 Å². The van der Waals surface area contributed by atoms with Crippen LogP contribution in [0.5, 0.6) is 5.75 Å². The van der Waals surface area contributed by atoms with Crippen LogP contribution in [-0.4, -0.2) is 12.4 Å². The minimum atomic E-state index is 0.203. The molecule has 0 N–H and O–H groups in total. The van der Waals surface area contributed by atoms with Gasteiger partial charge in [0.05, 0.1) is 12.2 Å². The van der Waals surface area contributed by atoms with E-state index in [0.717, 1.165) is 41.7 Å². The molecule has 0 spiro atoms. The Hall–Kier alpha value is -1.31. The average Bonchev–Trinajstić information content (AvgIpc) is 2.34. The predicted molar refractivity (Wildman–Crippen MR) is 75.6 cm³/mol. The van der Waals surface area contributed by atoms with E-state index in [0.29, 0.717) is 13.0 Å². The maximum atomic E-state index is 12.2. The molecule has 0 aliphatic rings. The van der Waals surface area contributed by atoms with Gasteiger partial charge in [0, 0.05) is 6.42 Å². The second-order valence-corrected chi connectivity index (χ2v) is 4.83. The fourth-order valence-corrected chi connectivity index (χ4v) is 2.03. The van der Waals surface area contributed by atoms with Crippen molar-refractivity contribution in [3.05, 3.63) is 28.8 Å². The number of hydrogen-bond donors (Lipinski definition) is 0. The number of benzene rings is 1. The van der Waals surface area contributed by atoms with Crippen molar-refractivity contribution in [3.8, 4) is 5.75 Å². The molecule has 1 rings (SSSR count). The summed E-state index contributed by atoms with van der Waals surface area (Å²) in [6, 6.07) is 4.03. The van der Waals surface area contributed by atoms with Crippen LogP contribution in [0, 0.1) is 13.8 Å². The first kappa shape index (κ1) is 14.7. The molecule has 0 aliphatic heterocycles. The monoisotopic (exact) mass is 248 g/mol. The van der Waals surface area contributed by atoms with Crippen LogP contribution < -0.4 is 4.74 Å². The van der Waals surface area contributed by atoms with Crippen LogP contribution in [0.25, 0.3) is 0 Å². The first-order valence-electron chi connectivity index (χ1n) is 6.87. The number of hydrogen-bond acceptors (Lipinski definition) is 2. The largest absolute Gasteiger partial charge is 0.493 e. The molecule has 0 saturated carbocycles. The molecule has 2 heteroatoms. The van der Waals surface area contributed by atoms with Gasteiger partial charge in [-0.3, -0.25) is 4.79 Å². The normalized spacial score (nSPS) is 10.4. The predicted octanol–water partition coefficient (Wildman–Crippen LogP) is 4.47. The van der Waals surface area contributed by atoms with Crippen molar-refractivity contribution in [2.45, 2.75) is 53.4 Å². The summed E-state index contributed by atoms with van der Waals surface area (Å²) in [4.78, 5) is 12.2. The number of Topliss-reactive ketones (excluding diaryl/α,β-unsaturated/α-hetero) is 1. The summed E-state index contributed by atoms with van der Waals surface area (Å²) in [5, 5.41) is 0. The summed E-state index contributed by atoms with van der Waals surface area (Å²) in [5.41, 5.74) is 2.94. The highest BCUT2D eigenvalue weighted by atomic mass is 16.5. The van der Waals surface area contributed by atoms with E-state index < -0.39 is 0 Å². The van der Waals surface area contributed by atoms with E-state index in [-0.39, 0.29) is 5.78 Å². The van der Waals surface area contributed by atoms with E-state index in [1.165, 1.54) is 0 Å². The Morgan fingerprint density at radius 1 is 1.17 bits per heavy atom. The molecule has 100 valence electrons. The minimum Gasteiger partial charge on any atom is -0.493 e. The second-order valence-electron chi connectivity index (χ2n) is 4.83. The standard InChI is InChI=1S/C16H24O2/c1-5-7-8-15(17)14-11-12(3)10-13(4)16(14)18-9-6-2/h10-11H,5-9H2,1-4H3. The first-order valence-corrected chi connectivity index (χ1v) is 6.87. The highest BCUT2D eigenvalue weighted by Crippen LogP contribution is 2.27. The van der Waals surface area contributed by atoms with Crippen LogP contribution in [-0.2, 0) is 0 Å². The lowest BCUT2D eigenvalue weighted by molar-refractivity contribution is 0.0975. The average molecular weight is 248 g/mol. The van der Waals surface area contributed by atoms with E-state index in [4.69, 9.17) is 4.74 Å². The fraction of sp³-hybridized carbons (Fsp3) is 0.562. The van der Waals surface area contributed by atoms with E-state index >= 15 is 0 Å². The van der Waals surface area contributed by atoms with Crippen LogP contribution in [0.2, 0.25) is 0 Å². The fourth-order valence-electron chi connectivity index (χ4n) is 2.03. The topological polar surface area (TPSA) is 26.3 Å². The van der Waals surface area contributed by atoms with E-state index in [9.17, 15) is 4.79 Å². The molecule has 0 aliphatic carbocycles. The van der Waals surface area contributed by atoms with E-state index in [2.05, 4.69) is 19.9 Å². The Kier molecular flexibility index (Phi) is 5.90. The van der Waals surface area contributed by atoms with Gasteiger partial charge in [0.1, 0.15) is 5.75 Å². The van der Waals surface area contributed by atoms with Crippen LogP contribution in [0.4, 0.5) is 0 Å². The number of ether oxygens (including phenoxy) is 1. The Labute approximate surface area is 110 Å². The molecule has 0 fully saturated rings. The lowest BCUT2D eigenvalue weighted by atomic mass is 9.99. The molecule has 0 bridgehead atoms. The molecular weight excluding hydrogens is 224 g/mol. The molecule has 0 radical (unpaired) electrons. The number of carbonyl (C=O) groups is 1. The van der Waals surface area contributed by atoms with Crippen molar-refractivity contribution in [2.75, 3.05) is 6.61 Å². The quantitative estimate of drug-likeness (QED) is 0.666. The van der Waals surface area contributed by atoms with Crippen molar-refractivity contribution < 1.29 is 9.53 Å². The molecule has 18 heavy (non-hydrogen) atoms. The molecule has 0 unspecified atom stereocenters. The third-order valence-corrected chi connectivity index (χ3v) is 2.93. The smallest absolute Gasteiger partial charge is 0.166 e. The van der Waals surface area contributed by atoms with Gasteiger partial charge < -0.3 is 4.74 Å². The maximum absolute atomic E-state index is 12.2. The first-order chi connectivity index (χ1) is 8.60. The lowest BCUT2D eigenvalue weighted by Gasteiger charge is -2.14. The van der Waals surface area contributed by atoms with E-state index in [1.54, 1.807) is 0 Å². The number of rotatable bonds is 7. The zero-order valence-corrected chi connectivity index (χ0v) is 12.0.